The minimum atomic E-state index is 0.0215. The number of hydrogen-bond donors (Lipinski definition) is 0. The fraction of sp³-hybridized carbons (Fsp3) is 0.857. The van der Waals surface area contributed by atoms with Gasteiger partial charge in [0.05, 0.1) is 0 Å². The molecule has 1 aromatic rings. The van der Waals surface area contributed by atoms with Crippen molar-refractivity contribution in [1.82, 2.24) is 10.2 Å². The normalized spacial score (nSPS) is 13.1. The molecule has 0 aromatic carbocycles. The van der Waals surface area contributed by atoms with E-state index in [9.17, 15) is 0 Å². The summed E-state index contributed by atoms with van der Waals surface area (Å²) in [7, 11) is 0. The Hall–Kier alpha value is -0.860. The predicted molar refractivity (Wildman–Crippen MR) is 70.2 cm³/mol. The molecule has 0 fully saturated rings. The number of nitrogens with zero attached hydrogens (tertiary/aromatic N) is 2. The smallest absolute Gasteiger partial charge is 0.222 e. The molecule has 0 aliphatic carbocycles. The second-order valence-corrected chi connectivity index (χ2v) is 5.45. The van der Waals surface area contributed by atoms with Crippen LogP contribution >= 0.6 is 0 Å². The first-order valence-electron chi connectivity index (χ1n) is 6.80. The fourth-order valence-electron chi connectivity index (χ4n) is 1.82. The van der Waals surface area contributed by atoms with Gasteiger partial charge >= 0.3 is 0 Å². The Bertz CT molecular complexity index is 316. The highest BCUT2D eigenvalue weighted by Crippen LogP contribution is 2.34. The lowest BCUT2D eigenvalue weighted by atomic mass is 9.84. The van der Waals surface area contributed by atoms with Gasteiger partial charge < -0.3 is 4.42 Å². The molecule has 0 saturated heterocycles. The van der Waals surface area contributed by atoms with Gasteiger partial charge in [0.2, 0.25) is 11.8 Å². The summed E-state index contributed by atoms with van der Waals surface area (Å²) in [6.07, 6.45) is 4.11. The summed E-state index contributed by atoms with van der Waals surface area (Å²) >= 11 is 0. The molecule has 1 rings (SSSR count). The lowest BCUT2D eigenvalue weighted by Gasteiger charge is -2.23. The van der Waals surface area contributed by atoms with Gasteiger partial charge in [0.1, 0.15) is 0 Å². The lowest BCUT2D eigenvalue weighted by Crippen LogP contribution is -2.21. The van der Waals surface area contributed by atoms with Gasteiger partial charge in [0.25, 0.3) is 0 Å². The third-order valence-corrected chi connectivity index (χ3v) is 4.58. The van der Waals surface area contributed by atoms with Crippen molar-refractivity contribution in [2.75, 3.05) is 0 Å². The Balaban J connectivity index is 3.07. The molecule has 0 amide bonds. The summed E-state index contributed by atoms with van der Waals surface area (Å²) < 4.78 is 5.96. The summed E-state index contributed by atoms with van der Waals surface area (Å²) in [5.74, 6) is 1.59. The largest absolute Gasteiger partial charge is 0.424 e. The lowest BCUT2D eigenvalue weighted by molar-refractivity contribution is 0.270. The molecule has 0 radical (unpaired) electrons. The minimum absolute atomic E-state index is 0.0215. The number of hydrogen-bond acceptors (Lipinski definition) is 3. The van der Waals surface area contributed by atoms with Gasteiger partial charge in [-0.2, -0.15) is 0 Å². The van der Waals surface area contributed by atoms with E-state index in [4.69, 9.17) is 4.42 Å². The second-order valence-electron chi connectivity index (χ2n) is 5.45. The summed E-state index contributed by atoms with van der Waals surface area (Å²) in [4.78, 5) is 0. The minimum Gasteiger partial charge on any atom is -0.424 e. The first-order valence-corrected chi connectivity index (χ1v) is 6.80. The van der Waals surface area contributed by atoms with E-state index in [0.717, 1.165) is 37.5 Å². The van der Waals surface area contributed by atoms with Crippen molar-refractivity contribution in [3.05, 3.63) is 11.8 Å². The number of aromatic nitrogens is 2. The highest BCUT2D eigenvalue weighted by molar-refractivity contribution is 5.06. The molecule has 0 spiro atoms. The molecular formula is C14H26N2O. The molecular weight excluding hydrogens is 212 g/mol. The molecule has 17 heavy (non-hydrogen) atoms. The van der Waals surface area contributed by atoms with Crippen molar-refractivity contribution >= 4 is 0 Å². The van der Waals surface area contributed by atoms with Crippen molar-refractivity contribution in [3.63, 3.8) is 0 Å². The highest BCUT2D eigenvalue weighted by Gasteiger charge is 2.33. The van der Waals surface area contributed by atoms with E-state index >= 15 is 0 Å². The van der Waals surface area contributed by atoms with Crippen LogP contribution in [0.4, 0.5) is 0 Å². The van der Waals surface area contributed by atoms with Gasteiger partial charge in [0, 0.05) is 10.8 Å². The molecule has 0 aliphatic heterocycles. The van der Waals surface area contributed by atoms with Crippen LogP contribution in [-0.4, -0.2) is 10.2 Å². The van der Waals surface area contributed by atoms with Crippen LogP contribution in [0.5, 0.6) is 0 Å². The molecule has 0 aliphatic rings. The maximum atomic E-state index is 5.96. The van der Waals surface area contributed by atoms with Gasteiger partial charge in [-0.1, -0.05) is 41.5 Å². The van der Waals surface area contributed by atoms with Gasteiger partial charge in [0.15, 0.2) is 0 Å². The molecule has 3 heteroatoms. The maximum absolute atomic E-state index is 5.96. The van der Waals surface area contributed by atoms with Gasteiger partial charge in [-0.05, 0) is 25.7 Å². The van der Waals surface area contributed by atoms with Crippen molar-refractivity contribution in [1.29, 1.82) is 0 Å². The molecule has 0 atom stereocenters. The summed E-state index contributed by atoms with van der Waals surface area (Å²) in [5.41, 5.74) is 0.0429. The van der Waals surface area contributed by atoms with Gasteiger partial charge in [-0.15, -0.1) is 10.2 Å². The Morgan fingerprint density at radius 2 is 1.06 bits per heavy atom. The van der Waals surface area contributed by atoms with E-state index in [0.29, 0.717) is 0 Å². The van der Waals surface area contributed by atoms with Crippen molar-refractivity contribution in [2.24, 2.45) is 0 Å². The van der Waals surface area contributed by atoms with E-state index in [1.165, 1.54) is 0 Å². The first-order chi connectivity index (χ1) is 7.95. The second kappa shape index (κ2) is 5.19. The highest BCUT2D eigenvalue weighted by atomic mass is 16.4. The van der Waals surface area contributed by atoms with Crippen LogP contribution in [0.15, 0.2) is 4.42 Å². The Labute approximate surface area is 105 Å². The molecule has 0 unspecified atom stereocenters. The van der Waals surface area contributed by atoms with Crippen molar-refractivity contribution in [2.45, 2.75) is 78.1 Å². The fourth-order valence-corrected chi connectivity index (χ4v) is 1.82. The van der Waals surface area contributed by atoms with Crippen molar-refractivity contribution < 1.29 is 4.42 Å². The predicted octanol–water partition coefficient (Wildman–Crippen LogP) is 4.23. The summed E-state index contributed by atoms with van der Waals surface area (Å²) in [6.45, 7) is 13.1. The topological polar surface area (TPSA) is 38.9 Å². The summed E-state index contributed by atoms with van der Waals surface area (Å²) in [5, 5.41) is 8.55. The summed E-state index contributed by atoms with van der Waals surface area (Å²) in [6, 6.07) is 0. The quantitative estimate of drug-likeness (QED) is 0.744. The molecule has 1 aromatic heterocycles. The van der Waals surface area contributed by atoms with E-state index in [1.807, 2.05) is 0 Å². The Kier molecular flexibility index (Phi) is 4.34. The van der Waals surface area contributed by atoms with Gasteiger partial charge in [-0.3, -0.25) is 0 Å². The van der Waals surface area contributed by atoms with Crippen molar-refractivity contribution in [3.8, 4) is 0 Å². The molecule has 1 heterocycles. The zero-order chi connectivity index (χ0) is 13.1. The van der Waals surface area contributed by atoms with Crippen LogP contribution in [0.25, 0.3) is 0 Å². The number of rotatable bonds is 6. The van der Waals surface area contributed by atoms with E-state index in [1.54, 1.807) is 0 Å². The average Bonchev–Trinajstić information content (AvgIpc) is 2.87. The van der Waals surface area contributed by atoms with Gasteiger partial charge in [-0.25, -0.2) is 0 Å². The molecule has 98 valence electrons. The third kappa shape index (κ3) is 2.53. The zero-order valence-corrected chi connectivity index (χ0v) is 12.1. The molecule has 0 N–H and O–H groups in total. The molecule has 0 saturated carbocycles. The van der Waals surface area contributed by atoms with Crippen LogP contribution in [0.1, 0.15) is 79.0 Å². The van der Waals surface area contributed by atoms with Crippen LogP contribution in [0.2, 0.25) is 0 Å². The van der Waals surface area contributed by atoms with E-state index in [-0.39, 0.29) is 10.8 Å². The molecule has 3 nitrogen and oxygen atoms in total. The van der Waals surface area contributed by atoms with Crippen LogP contribution in [0.3, 0.4) is 0 Å². The SMILES string of the molecule is CCC(C)(CC)c1nnc(C(C)(CC)CC)o1. The third-order valence-electron chi connectivity index (χ3n) is 4.58. The average molecular weight is 238 g/mol. The monoisotopic (exact) mass is 238 g/mol. The zero-order valence-electron chi connectivity index (χ0n) is 12.1. The molecule has 0 bridgehead atoms. The maximum Gasteiger partial charge on any atom is 0.222 e. The van der Waals surface area contributed by atoms with Crippen LogP contribution < -0.4 is 0 Å². The Morgan fingerprint density at radius 3 is 1.29 bits per heavy atom. The Morgan fingerprint density at radius 1 is 0.765 bits per heavy atom. The van der Waals surface area contributed by atoms with E-state index in [2.05, 4.69) is 51.7 Å². The van der Waals surface area contributed by atoms with E-state index < -0.39 is 0 Å². The first kappa shape index (κ1) is 14.2. The standard InChI is InChI=1S/C14H26N2O/c1-7-13(5,8-2)11-15-16-12(17-11)14(6,9-3)10-4/h7-10H2,1-6H3. The van der Waals surface area contributed by atoms with Crippen LogP contribution in [0, 0.1) is 0 Å². The van der Waals surface area contributed by atoms with Crippen LogP contribution in [-0.2, 0) is 10.8 Å².